The Balaban J connectivity index is 2.44. The van der Waals surface area contributed by atoms with Crippen molar-refractivity contribution in [2.75, 3.05) is 0 Å². The Hall–Kier alpha value is -2.50. The predicted octanol–water partition coefficient (Wildman–Crippen LogP) is 1.38. The van der Waals surface area contributed by atoms with Crippen molar-refractivity contribution >= 4 is 22.8 Å². The number of fused-ring (bicyclic) bond motifs is 1. The Kier molecular flexibility index (Phi) is 3.16. The highest BCUT2D eigenvalue weighted by Crippen LogP contribution is 2.25. The second kappa shape index (κ2) is 4.64. The zero-order valence-corrected chi connectivity index (χ0v) is 10.5. The molecule has 1 amide bonds. The summed E-state index contributed by atoms with van der Waals surface area (Å²) >= 11 is 0. The molecule has 6 heteroatoms. The molecule has 19 heavy (non-hydrogen) atoms. The summed E-state index contributed by atoms with van der Waals surface area (Å²) in [5, 5.41) is 21.2. The molecule has 2 rings (SSSR count). The number of phenols is 1. The summed E-state index contributed by atoms with van der Waals surface area (Å²) in [6.07, 6.45) is 0. The lowest BCUT2D eigenvalue weighted by Crippen LogP contribution is -2.38. The van der Waals surface area contributed by atoms with Crippen LogP contribution in [-0.2, 0) is 4.79 Å². The van der Waals surface area contributed by atoms with E-state index in [9.17, 15) is 14.7 Å². The van der Waals surface area contributed by atoms with Crippen LogP contribution in [0, 0.1) is 6.92 Å². The minimum Gasteiger partial charge on any atom is -0.508 e. The third-order valence-corrected chi connectivity index (χ3v) is 2.91. The Labute approximate surface area is 109 Å². The van der Waals surface area contributed by atoms with Gasteiger partial charge in [-0.2, -0.15) is 0 Å². The zero-order chi connectivity index (χ0) is 14.2. The number of aromatic amines is 1. The summed E-state index contributed by atoms with van der Waals surface area (Å²) in [6, 6.07) is 3.67. The molecule has 100 valence electrons. The second-order valence-corrected chi connectivity index (χ2v) is 4.39. The number of hydrogen-bond acceptors (Lipinski definition) is 3. The molecule has 4 N–H and O–H groups in total. The van der Waals surface area contributed by atoms with Crippen LogP contribution in [0.15, 0.2) is 18.2 Å². The number of rotatable bonds is 3. The third kappa shape index (κ3) is 2.37. The fourth-order valence-corrected chi connectivity index (χ4v) is 1.94. The molecule has 0 unspecified atom stereocenters. The molecule has 0 radical (unpaired) electrons. The minimum absolute atomic E-state index is 0.0480. The first kappa shape index (κ1) is 12.9. The summed E-state index contributed by atoms with van der Waals surface area (Å²) in [7, 11) is 0. The summed E-state index contributed by atoms with van der Waals surface area (Å²) in [4.78, 5) is 25.9. The van der Waals surface area contributed by atoms with E-state index in [0.29, 0.717) is 22.2 Å². The van der Waals surface area contributed by atoms with Crippen molar-refractivity contribution in [1.29, 1.82) is 0 Å². The van der Waals surface area contributed by atoms with Crippen molar-refractivity contribution in [3.8, 4) is 5.75 Å². The number of H-pyrrole nitrogens is 1. The minimum atomic E-state index is -1.10. The topological polar surface area (TPSA) is 102 Å². The van der Waals surface area contributed by atoms with Gasteiger partial charge in [-0.05, 0) is 32.0 Å². The fraction of sp³-hybridized carbons (Fsp3) is 0.231. The van der Waals surface area contributed by atoms with Crippen LogP contribution in [-0.4, -0.2) is 33.1 Å². The quantitative estimate of drug-likeness (QED) is 0.671. The maximum Gasteiger partial charge on any atom is 0.325 e. The Morgan fingerprint density at radius 3 is 2.68 bits per heavy atom. The standard InChI is InChI=1S/C13H14N2O4/c1-6-11(12(17)15-7(2)13(18)19)9-5-8(16)3-4-10(9)14-6/h3-5,7,14,16H,1-2H3,(H,15,17)(H,18,19)/t7-/m0/s1. The zero-order valence-electron chi connectivity index (χ0n) is 10.5. The number of carboxylic acid groups (broad SMARTS) is 1. The lowest BCUT2D eigenvalue weighted by atomic mass is 10.1. The van der Waals surface area contributed by atoms with E-state index in [0.717, 1.165) is 0 Å². The van der Waals surface area contributed by atoms with E-state index in [1.54, 1.807) is 13.0 Å². The molecule has 1 heterocycles. The van der Waals surface area contributed by atoms with E-state index >= 15 is 0 Å². The van der Waals surface area contributed by atoms with Gasteiger partial charge in [-0.3, -0.25) is 9.59 Å². The first-order chi connectivity index (χ1) is 8.90. The lowest BCUT2D eigenvalue weighted by molar-refractivity contribution is -0.138. The van der Waals surface area contributed by atoms with Crippen LogP contribution < -0.4 is 5.32 Å². The van der Waals surface area contributed by atoms with Crippen molar-refractivity contribution in [2.24, 2.45) is 0 Å². The van der Waals surface area contributed by atoms with Gasteiger partial charge in [-0.15, -0.1) is 0 Å². The first-order valence-corrected chi connectivity index (χ1v) is 5.75. The van der Waals surface area contributed by atoms with E-state index in [-0.39, 0.29) is 5.75 Å². The molecule has 0 aliphatic heterocycles. The van der Waals surface area contributed by atoms with Gasteiger partial charge in [0.25, 0.3) is 5.91 Å². The van der Waals surface area contributed by atoms with E-state index in [1.165, 1.54) is 19.1 Å². The lowest BCUT2D eigenvalue weighted by Gasteiger charge is -2.09. The van der Waals surface area contributed by atoms with Crippen LogP contribution in [0.25, 0.3) is 10.9 Å². The van der Waals surface area contributed by atoms with E-state index in [1.807, 2.05) is 0 Å². The molecule has 0 bridgehead atoms. The number of aromatic nitrogens is 1. The van der Waals surface area contributed by atoms with Gasteiger partial charge in [-0.1, -0.05) is 0 Å². The number of nitrogens with one attached hydrogen (secondary N) is 2. The Bertz CT molecular complexity index is 660. The number of aliphatic carboxylic acids is 1. The van der Waals surface area contributed by atoms with Gasteiger partial charge in [0.05, 0.1) is 5.56 Å². The first-order valence-electron chi connectivity index (χ1n) is 5.75. The molecule has 0 saturated heterocycles. The maximum absolute atomic E-state index is 12.1. The van der Waals surface area contributed by atoms with E-state index in [4.69, 9.17) is 5.11 Å². The summed E-state index contributed by atoms with van der Waals surface area (Å²) in [5.74, 6) is -1.54. The van der Waals surface area contributed by atoms with E-state index < -0.39 is 17.9 Å². The Morgan fingerprint density at radius 1 is 1.37 bits per heavy atom. The highest BCUT2D eigenvalue weighted by molar-refractivity contribution is 6.09. The molecule has 0 aliphatic rings. The van der Waals surface area contributed by atoms with Gasteiger partial charge in [0.1, 0.15) is 11.8 Å². The van der Waals surface area contributed by atoms with Crippen molar-refractivity contribution in [3.63, 3.8) is 0 Å². The second-order valence-electron chi connectivity index (χ2n) is 4.39. The van der Waals surface area contributed by atoms with Crippen LogP contribution in [0.4, 0.5) is 0 Å². The van der Waals surface area contributed by atoms with Crippen molar-refractivity contribution in [2.45, 2.75) is 19.9 Å². The van der Waals surface area contributed by atoms with Gasteiger partial charge in [0.15, 0.2) is 0 Å². The highest BCUT2D eigenvalue weighted by Gasteiger charge is 2.20. The van der Waals surface area contributed by atoms with Crippen molar-refractivity contribution in [1.82, 2.24) is 10.3 Å². The predicted molar refractivity (Wildman–Crippen MR) is 69.3 cm³/mol. The molecule has 0 saturated carbocycles. The normalized spacial score (nSPS) is 12.3. The number of phenolic OH excluding ortho intramolecular Hbond substituents is 1. The largest absolute Gasteiger partial charge is 0.508 e. The molecule has 6 nitrogen and oxygen atoms in total. The number of amides is 1. The van der Waals surface area contributed by atoms with Gasteiger partial charge >= 0.3 is 5.97 Å². The SMILES string of the molecule is Cc1[nH]c2ccc(O)cc2c1C(=O)N[C@@H](C)C(=O)O. The molecular weight excluding hydrogens is 248 g/mol. The van der Waals surface area contributed by atoms with E-state index in [2.05, 4.69) is 10.3 Å². The summed E-state index contributed by atoms with van der Waals surface area (Å²) < 4.78 is 0. The van der Waals surface area contributed by atoms with Crippen molar-refractivity contribution in [3.05, 3.63) is 29.5 Å². The number of carbonyl (C=O) groups excluding carboxylic acids is 1. The van der Waals surface area contributed by atoms with Crippen LogP contribution >= 0.6 is 0 Å². The van der Waals surface area contributed by atoms with Gasteiger partial charge in [-0.25, -0.2) is 0 Å². The average Bonchev–Trinajstić information content (AvgIpc) is 2.64. The van der Waals surface area contributed by atoms with Crippen molar-refractivity contribution < 1.29 is 19.8 Å². The number of carboxylic acids is 1. The molecular formula is C13H14N2O4. The number of carbonyl (C=O) groups is 2. The molecule has 1 aromatic carbocycles. The third-order valence-electron chi connectivity index (χ3n) is 2.91. The Morgan fingerprint density at radius 2 is 2.05 bits per heavy atom. The molecule has 0 spiro atoms. The highest BCUT2D eigenvalue weighted by atomic mass is 16.4. The smallest absolute Gasteiger partial charge is 0.325 e. The van der Waals surface area contributed by atoms with Crippen LogP contribution in [0.5, 0.6) is 5.75 Å². The number of hydrogen-bond donors (Lipinski definition) is 4. The summed E-state index contributed by atoms with van der Waals surface area (Å²) in [6.45, 7) is 3.11. The maximum atomic E-state index is 12.1. The molecule has 0 aliphatic carbocycles. The van der Waals surface area contributed by atoms with Crippen LogP contribution in [0.3, 0.4) is 0 Å². The number of aryl methyl sites for hydroxylation is 1. The van der Waals surface area contributed by atoms with Crippen LogP contribution in [0.2, 0.25) is 0 Å². The van der Waals surface area contributed by atoms with Gasteiger partial charge < -0.3 is 20.5 Å². The number of benzene rings is 1. The molecule has 2 aromatic rings. The molecule has 0 fully saturated rings. The van der Waals surface area contributed by atoms with Gasteiger partial charge in [0.2, 0.25) is 0 Å². The fourth-order valence-electron chi connectivity index (χ4n) is 1.94. The molecule has 1 aromatic heterocycles. The average molecular weight is 262 g/mol. The van der Waals surface area contributed by atoms with Gasteiger partial charge in [0, 0.05) is 16.6 Å². The monoisotopic (exact) mass is 262 g/mol. The number of aromatic hydroxyl groups is 1. The molecule has 1 atom stereocenters. The van der Waals surface area contributed by atoms with Crippen LogP contribution in [0.1, 0.15) is 23.0 Å². The summed E-state index contributed by atoms with van der Waals surface area (Å²) in [5.41, 5.74) is 1.68.